The summed E-state index contributed by atoms with van der Waals surface area (Å²) >= 11 is 6.30. The normalized spacial score (nSPS) is 26.1. The first kappa shape index (κ1) is 12.9. The fraction of sp³-hybridized carbons (Fsp3) is 0.571. The summed E-state index contributed by atoms with van der Waals surface area (Å²) in [5, 5.41) is 4.33. The van der Waals surface area contributed by atoms with Gasteiger partial charge >= 0.3 is 0 Å². The van der Waals surface area contributed by atoms with E-state index in [1.54, 1.807) is 0 Å². The molecule has 1 N–H and O–H groups in total. The summed E-state index contributed by atoms with van der Waals surface area (Å²) in [6.45, 7) is 6.05. The van der Waals surface area contributed by atoms with Crippen molar-refractivity contribution in [1.82, 2.24) is 5.32 Å². The van der Waals surface area contributed by atoms with E-state index in [-0.39, 0.29) is 11.6 Å². The lowest BCUT2D eigenvalue weighted by atomic mass is 9.87. The largest absolute Gasteiger partial charge is 0.373 e. The van der Waals surface area contributed by atoms with Crippen molar-refractivity contribution in [1.29, 1.82) is 0 Å². The van der Waals surface area contributed by atoms with Crippen molar-refractivity contribution in [3.8, 4) is 0 Å². The number of nitrogens with one attached hydrogen (secondary N) is 1. The highest BCUT2D eigenvalue weighted by atomic mass is 35.5. The predicted octanol–water partition coefficient (Wildman–Crippen LogP) is 3.56. The predicted molar refractivity (Wildman–Crippen MR) is 71.5 cm³/mol. The van der Waals surface area contributed by atoms with Gasteiger partial charge in [0.05, 0.1) is 11.6 Å². The van der Waals surface area contributed by atoms with Crippen LogP contribution in [0, 0.1) is 0 Å². The molecule has 2 nitrogen and oxygen atoms in total. The second kappa shape index (κ2) is 5.38. The minimum Gasteiger partial charge on any atom is -0.373 e. The number of hydrogen-bond donors (Lipinski definition) is 1. The first-order valence-electron chi connectivity index (χ1n) is 6.29. The molecule has 1 fully saturated rings. The Morgan fingerprint density at radius 3 is 2.82 bits per heavy atom. The van der Waals surface area contributed by atoms with Gasteiger partial charge in [-0.15, -0.1) is 0 Å². The molecule has 3 heteroatoms. The van der Waals surface area contributed by atoms with Gasteiger partial charge < -0.3 is 10.1 Å². The van der Waals surface area contributed by atoms with E-state index in [4.69, 9.17) is 16.3 Å². The van der Waals surface area contributed by atoms with Gasteiger partial charge in [-0.3, -0.25) is 0 Å². The summed E-state index contributed by atoms with van der Waals surface area (Å²) < 4.78 is 5.94. The zero-order valence-corrected chi connectivity index (χ0v) is 11.3. The molecular formula is C14H20ClNO. The molecule has 94 valence electrons. The van der Waals surface area contributed by atoms with E-state index in [0.717, 1.165) is 36.6 Å². The molecule has 0 aromatic heterocycles. The lowest BCUT2D eigenvalue weighted by Crippen LogP contribution is -2.41. The molecule has 1 saturated heterocycles. The van der Waals surface area contributed by atoms with E-state index in [1.807, 2.05) is 18.2 Å². The summed E-state index contributed by atoms with van der Waals surface area (Å²) in [4.78, 5) is 0. The molecule has 1 aromatic rings. The maximum absolute atomic E-state index is 6.30. The summed E-state index contributed by atoms with van der Waals surface area (Å²) in [5.74, 6) is 0. The maximum Gasteiger partial charge on any atom is 0.0849 e. The third kappa shape index (κ3) is 2.65. The quantitative estimate of drug-likeness (QED) is 0.886. The molecule has 1 aliphatic rings. The molecule has 1 heterocycles. The Labute approximate surface area is 108 Å². The summed E-state index contributed by atoms with van der Waals surface area (Å²) in [7, 11) is 0. The topological polar surface area (TPSA) is 21.3 Å². The molecule has 0 radical (unpaired) electrons. The van der Waals surface area contributed by atoms with E-state index in [2.05, 4.69) is 25.2 Å². The maximum atomic E-state index is 6.30. The molecule has 0 bridgehead atoms. The van der Waals surface area contributed by atoms with Gasteiger partial charge in [-0.2, -0.15) is 0 Å². The Hall–Kier alpha value is -0.570. The standard InChI is InChI=1S/C14H20ClNO/c1-3-16-13(14(2)9-6-10-17-14)11-7-4-5-8-12(11)15/h4-5,7-8,13,16H,3,6,9-10H2,1-2H3. The zero-order chi connectivity index (χ0) is 12.3. The highest BCUT2D eigenvalue weighted by Gasteiger charge is 2.39. The molecule has 2 rings (SSSR count). The Bertz CT molecular complexity index is 374. The van der Waals surface area contributed by atoms with E-state index in [0.29, 0.717) is 0 Å². The van der Waals surface area contributed by atoms with Gasteiger partial charge in [-0.25, -0.2) is 0 Å². The fourth-order valence-electron chi connectivity index (χ4n) is 2.60. The summed E-state index contributed by atoms with van der Waals surface area (Å²) in [5.41, 5.74) is 1.00. The smallest absolute Gasteiger partial charge is 0.0849 e. The van der Waals surface area contributed by atoms with Crippen LogP contribution in [0.1, 0.15) is 38.3 Å². The van der Waals surface area contributed by atoms with Crippen molar-refractivity contribution < 1.29 is 4.74 Å². The minimum atomic E-state index is -0.138. The monoisotopic (exact) mass is 253 g/mol. The molecule has 2 atom stereocenters. The molecule has 1 aromatic carbocycles. The van der Waals surface area contributed by atoms with Crippen LogP contribution >= 0.6 is 11.6 Å². The molecule has 0 spiro atoms. The van der Waals surface area contributed by atoms with Crippen LogP contribution in [-0.2, 0) is 4.74 Å². The molecule has 0 aliphatic carbocycles. The Kier molecular flexibility index (Phi) is 4.08. The average Bonchev–Trinajstić information content (AvgIpc) is 2.75. The highest BCUT2D eigenvalue weighted by Crippen LogP contribution is 2.39. The number of likely N-dealkylation sites (N-methyl/N-ethyl adjacent to an activating group) is 1. The fourth-order valence-corrected chi connectivity index (χ4v) is 2.84. The van der Waals surface area contributed by atoms with E-state index in [1.165, 1.54) is 0 Å². The molecule has 1 aliphatic heterocycles. The molecule has 0 saturated carbocycles. The first-order valence-corrected chi connectivity index (χ1v) is 6.67. The van der Waals surface area contributed by atoms with Crippen LogP contribution in [0.3, 0.4) is 0 Å². The lowest BCUT2D eigenvalue weighted by molar-refractivity contribution is -0.0120. The van der Waals surface area contributed by atoms with Crippen LogP contribution in [0.2, 0.25) is 5.02 Å². The van der Waals surface area contributed by atoms with Crippen molar-refractivity contribution in [2.24, 2.45) is 0 Å². The Morgan fingerprint density at radius 1 is 1.47 bits per heavy atom. The Morgan fingerprint density at radius 2 is 2.24 bits per heavy atom. The third-order valence-corrected chi connectivity index (χ3v) is 3.83. The van der Waals surface area contributed by atoms with Gasteiger partial charge in [-0.1, -0.05) is 36.7 Å². The summed E-state index contributed by atoms with van der Waals surface area (Å²) in [6.07, 6.45) is 2.21. The van der Waals surface area contributed by atoms with Gasteiger partial charge in [0.15, 0.2) is 0 Å². The number of hydrogen-bond acceptors (Lipinski definition) is 2. The molecular weight excluding hydrogens is 234 g/mol. The summed E-state index contributed by atoms with van der Waals surface area (Å²) in [6, 6.07) is 8.20. The first-order chi connectivity index (χ1) is 8.17. The molecule has 17 heavy (non-hydrogen) atoms. The van der Waals surface area contributed by atoms with Crippen LogP contribution in [0.4, 0.5) is 0 Å². The highest BCUT2D eigenvalue weighted by molar-refractivity contribution is 6.31. The molecule has 2 unspecified atom stereocenters. The van der Waals surface area contributed by atoms with E-state index >= 15 is 0 Å². The van der Waals surface area contributed by atoms with Gasteiger partial charge in [0.25, 0.3) is 0 Å². The number of ether oxygens (including phenoxy) is 1. The van der Waals surface area contributed by atoms with E-state index in [9.17, 15) is 0 Å². The van der Waals surface area contributed by atoms with Crippen LogP contribution in [0.15, 0.2) is 24.3 Å². The third-order valence-electron chi connectivity index (χ3n) is 3.48. The number of rotatable bonds is 4. The van der Waals surface area contributed by atoms with Gasteiger partial charge in [0.2, 0.25) is 0 Å². The van der Waals surface area contributed by atoms with Crippen LogP contribution in [-0.4, -0.2) is 18.8 Å². The van der Waals surface area contributed by atoms with Gasteiger partial charge in [0, 0.05) is 11.6 Å². The van der Waals surface area contributed by atoms with Crippen LogP contribution < -0.4 is 5.32 Å². The second-order valence-electron chi connectivity index (χ2n) is 4.78. The van der Waals surface area contributed by atoms with Crippen molar-refractivity contribution >= 4 is 11.6 Å². The zero-order valence-electron chi connectivity index (χ0n) is 10.5. The Balaban J connectivity index is 2.32. The van der Waals surface area contributed by atoms with Crippen LogP contribution in [0.25, 0.3) is 0 Å². The van der Waals surface area contributed by atoms with Crippen molar-refractivity contribution in [2.75, 3.05) is 13.2 Å². The molecule has 0 amide bonds. The SMILES string of the molecule is CCNC(c1ccccc1Cl)C1(C)CCCO1. The van der Waals surface area contributed by atoms with Gasteiger partial charge in [-0.05, 0) is 37.9 Å². The second-order valence-corrected chi connectivity index (χ2v) is 5.18. The van der Waals surface area contributed by atoms with E-state index < -0.39 is 0 Å². The van der Waals surface area contributed by atoms with Crippen molar-refractivity contribution in [2.45, 2.75) is 38.3 Å². The average molecular weight is 254 g/mol. The van der Waals surface area contributed by atoms with Gasteiger partial charge in [0.1, 0.15) is 0 Å². The number of halogens is 1. The van der Waals surface area contributed by atoms with Crippen LogP contribution in [0.5, 0.6) is 0 Å². The van der Waals surface area contributed by atoms with Crippen molar-refractivity contribution in [3.05, 3.63) is 34.9 Å². The minimum absolute atomic E-state index is 0.138. The van der Waals surface area contributed by atoms with Crippen molar-refractivity contribution in [3.63, 3.8) is 0 Å². The lowest BCUT2D eigenvalue weighted by Gasteiger charge is -2.34. The number of benzene rings is 1.